The highest BCUT2D eigenvalue weighted by molar-refractivity contribution is 6.18. The SMILES string of the molecule is Cc1cc(F)ccc1CNC1(CCl)CCCC(C)C1. The summed E-state index contributed by atoms with van der Waals surface area (Å²) in [5.74, 6) is 1.21. The average molecular weight is 284 g/mol. The van der Waals surface area contributed by atoms with E-state index in [1.807, 2.05) is 13.0 Å². The molecule has 19 heavy (non-hydrogen) atoms. The lowest BCUT2D eigenvalue weighted by atomic mass is 9.77. The van der Waals surface area contributed by atoms with Crippen LogP contribution in [0.5, 0.6) is 0 Å². The maximum absolute atomic E-state index is 13.1. The first-order chi connectivity index (χ1) is 9.04. The topological polar surface area (TPSA) is 12.0 Å². The number of aryl methyl sites for hydroxylation is 1. The molecule has 1 aromatic rings. The number of benzene rings is 1. The Bertz CT molecular complexity index is 435. The molecule has 0 amide bonds. The number of hydrogen-bond acceptors (Lipinski definition) is 1. The Kier molecular flexibility index (Phi) is 4.86. The Morgan fingerprint density at radius 1 is 1.47 bits per heavy atom. The lowest BCUT2D eigenvalue weighted by Crippen LogP contribution is -2.49. The maximum atomic E-state index is 13.1. The fraction of sp³-hybridized carbons (Fsp3) is 0.625. The molecule has 0 saturated heterocycles. The van der Waals surface area contributed by atoms with Crippen LogP contribution in [0.15, 0.2) is 18.2 Å². The van der Waals surface area contributed by atoms with E-state index in [2.05, 4.69) is 12.2 Å². The molecular formula is C16H23ClFN. The fourth-order valence-electron chi connectivity index (χ4n) is 3.13. The van der Waals surface area contributed by atoms with Crippen LogP contribution < -0.4 is 5.32 Å². The van der Waals surface area contributed by atoms with Crippen molar-refractivity contribution >= 4 is 11.6 Å². The van der Waals surface area contributed by atoms with Crippen LogP contribution in [0.2, 0.25) is 0 Å². The molecule has 2 unspecified atom stereocenters. The third-order valence-corrected chi connectivity index (χ3v) is 4.82. The van der Waals surface area contributed by atoms with E-state index in [4.69, 9.17) is 11.6 Å². The van der Waals surface area contributed by atoms with Gasteiger partial charge in [-0.15, -0.1) is 11.6 Å². The summed E-state index contributed by atoms with van der Waals surface area (Å²) in [6.07, 6.45) is 4.82. The quantitative estimate of drug-likeness (QED) is 0.807. The van der Waals surface area contributed by atoms with Gasteiger partial charge in [-0.2, -0.15) is 0 Å². The van der Waals surface area contributed by atoms with Crippen LogP contribution in [0.25, 0.3) is 0 Å². The van der Waals surface area contributed by atoms with Crippen LogP contribution in [-0.4, -0.2) is 11.4 Å². The lowest BCUT2D eigenvalue weighted by Gasteiger charge is -2.39. The van der Waals surface area contributed by atoms with Crippen molar-refractivity contribution in [3.8, 4) is 0 Å². The van der Waals surface area contributed by atoms with Crippen molar-refractivity contribution in [1.29, 1.82) is 0 Å². The van der Waals surface area contributed by atoms with Gasteiger partial charge in [-0.1, -0.05) is 25.8 Å². The predicted molar refractivity (Wildman–Crippen MR) is 79.1 cm³/mol. The monoisotopic (exact) mass is 283 g/mol. The van der Waals surface area contributed by atoms with Crippen molar-refractivity contribution in [2.45, 2.75) is 51.6 Å². The molecule has 2 atom stereocenters. The molecule has 0 bridgehead atoms. The maximum Gasteiger partial charge on any atom is 0.123 e. The molecule has 0 heterocycles. The minimum absolute atomic E-state index is 0.0556. The Balaban J connectivity index is 2.03. The third kappa shape index (κ3) is 3.70. The molecule has 106 valence electrons. The van der Waals surface area contributed by atoms with Crippen LogP contribution in [0.1, 0.15) is 43.7 Å². The van der Waals surface area contributed by atoms with E-state index in [1.165, 1.54) is 18.9 Å². The zero-order valence-corrected chi connectivity index (χ0v) is 12.6. The molecule has 1 aliphatic rings. The summed E-state index contributed by atoms with van der Waals surface area (Å²) in [5, 5.41) is 3.64. The Labute approximate surface area is 120 Å². The van der Waals surface area contributed by atoms with Crippen molar-refractivity contribution in [3.05, 3.63) is 35.1 Å². The van der Waals surface area contributed by atoms with E-state index in [0.29, 0.717) is 5.88 Å². The second-order valence-electron chi connectivity index (χ2n) is 6.04. The molecule has 1 N–H and O–H groups in total. The van der Waals surface area contributed by atoms with Crippen molar-refractivity contribution in [3.63, 3.8) is 0 Å². The van der Waals surface area contributed by atoms with E-state index >= 15 is 0 Å². The molecule has 1 aliphatic carbocycles. The number of nitrogens with one attached hydrogen (secondary N) is 1. The molecule has 0 radical (unpaired) electrons. The standard InChI is InChI=1S/C16H23ClFN/c1-12-4-3-7-16(9-12,11-17)19-10-14-5-6-15(18)8-13(14)2/h5-6,8,12,19H,3-4,7,9-11H2,1-2H3. The van der Waals surface area contributed by atoms with Gasteiger partial charge in [0.15, 0.2) is 0 Å². The molecule has 1 aromatic carbocycles. The van der Waals surface area contributed by atoms with Gasteiger partial charge in [0, 0.05) is 18.0 Å². The van der Waals surface area contributed by atoms with Crippen LogP contribution in [0.3, 0.4) is 0 Å². The van der Waals surface area contributed by atoms with E-state index in [9.17, 15) is 4.39 Å². The van der Waals surface area contributed by atoms with Crippen LogP contribution >= 0.6 is 11.6 Å². The first-order valence-electron chi connectivity index (χ1n) is 7.11. The van der Waals surface area contributed by atoms with Crippen molar-refractivity contribution in [2.24, 2.45) is 5.92 Å². The van der Waals surface area contributed by atoms with Gasteiger partial charge in [0.1, 0.15) is 5.82 Å². The number of rotatable bonds is 4. The van der Waals surface area contributed by atoms with Gasteiger partial charge in [0.05, 0.1) is 0 Å². The van der Waals surface area contributed by atoms with Crippen LogP contribution in [0.4, 0.5) is 4.39 Å². The zero-order valence-electron chi connectivity index (χ0n) is 11.8. The predicted octanol–water partition coefficient (Wildman–Crippen LogP) is 4.41. The summed E-state index contributed by atoms with van der Waals surface area (Å²) in [6, 6.07) is 4.99. The first kappa shape index (κ1) is 14.8. The van der Waals surface area contributed by atoms with Crippen molar-refractivity contribution in [2.75, 3.05) is 5.88 Å². The van der Waals surface area contributed by atoms with Crippen molar-refractivity contribution < 1.29 is 4.39 Å². The number of alkyl halides is 1. The Morgan fingerprint density at radius 3 is 2.89 bits per heavy atom. The summed E-state index contributed by atoms with van der Waals surface area (Å²) < 4.78 is 13.1. The Morgan fingerprint density at radius 2 is 2.26 bits per heavy atom. The summed E-state index contributed by atoms with van der Waals surface area (Å²) in [4.78, 5) is 0. The molecule has 0 spiro atoms. The number of hydrogen-bond donors (Lipinski definition) is 1. The average Bonchev–Trinajstić information content (AvgIpc) is 2.38. The minimum Gasteiger partial charge on any atom is -0.306 e. The summed E-state index contributed by atoms with van der Waals surface area (Å²) in [5.41, 5.74) is 2.21. The lowest BCUT2D eigenvalue weighted by molar-refractivity contribution is 0.207. The van der Waals surface area contributed by atoms with E-state index in [0.717, 1.165) is 36.4 Å². The molecule has 0 aliphatic heterocycles. The van der Waals surface area contributed by atoms with Gasteiger partial charge in [-0.05, 0) is 48.9 Å². The fourth-order valence-corrected chi connectivity index (χ4v) is 3.47. The molecular weight excluding hydrogens is 261 g/mol. The molecule has 1 fully saturated rings. The normalized spacial score (nSPS) is 27.5. The van der Waals surface area contributed by atoms with Gasteiger partial charge in [-0.25, -0.2) is 4.39 Å². The van der Waals surface area contributed by atoms with Gasteiger partial charge < -0.3 is 5.32 Å². The minimum atomic E-state index is -0.167. The third-order valence-electron chi connectivity index (χ3n) is 4.31. The molecule has 1 saturated carbocycles. The second kappa shape index (κ2) is 6.23. The molecule has 0 aromatic heterocycles. The summed E-state index contributed by atoms with van der Waals surface area (Å²) in [6.45, 7) is 5.02. The van der Waals surface area contributed by atoms with Gasteiger partial charge in [-0.3, -0.25) is 0 Å². The van der Waals surface area contributed by atoms with Crippen molar-refractivity contribution in [1.82, 2.24) is 5.32 Å². The van der Waals surface area contributed by atoms with Crippen LogP contribution in [-0.2, 0) is 6.54 Å². The van der Waals surface area contributed by atoms with Gasteiger partial charge in [0.2, 0.25) is 0 Å². The molecule has 2 rings (SSSR count). The molecule has 3 heteroatoms. The highest BCUT2D eigenvalue weighted by atomic mass is 35.5. The highest BCUT2D eigenvalue weighted by Crippen LogP contribution is 2.33. The smallest absolute Gasteiger partial charge is 0.123 e. The van der Waals surface area contributed by atoms with Crippen LogP contribution in [0, 0.1) is 18.7 Å². The summed E-state index contributed by atoms with van der Waals surface area (Å²) in [7, 11) is 0. The molecule has 1 nitrogen and oxygen atoms in total. The largest absolute Gasteiger partial charge is 0.306 e. The van der Waals surface area contributed by atoms with E-state index < -0.39 is 0 Å². The number of halogens is 2. The van der Waals surface area contributed by atoms with E-state index in [-0.39, 0.29) is 11.4 Å². The first-order valence-corrected chi connectivity index (χ1v) is 7.64. The Hall–Kier alpha value is -0.600. The second-order valence-corrected chi connectivity index (χ2v) is 6.31. The zero-order chi connectivity index (χ0) is 13.9. The van der Waals surface area contributed by atoms with Gasteiger partial charge in [0.25, 0.3) is 0 Å². The summed E-state index contributed by atoms with van der Waals surface area (Å²) >= 11 is 6.21. The van der Waals surface area contributed by atoms with E-state index in [1.54, 1.807) is 6.07 Å². The highest BCUT2D eigenvalue weighted by Gasteiger charge is 2.33. The van der Waals surface area contributed by atoms with Gasteiger partial charge >= 0.3 is 0 Å².